The van der Waals surface area contributed by atoms with E-state index in [1.54, 1.807) is 0 Å². The molecule has 148 valence electrons. The first-order valence-electron chi connectivity index (χ1n) is 10.9. The molecule has 1 saturated heterocycles. The van der Waals surface area contributed by atoms with Gasteiger partial charge in [-0.05, 0) is 69.1 Å². The number of amides is 1. The Morgan fingerprint density at radius 3 is 2.67 bits per heavy atom. The molecular weight excluding hydrogens is 334 g/mol. The summed E-state index contributed by atoms with van der Waals surface area (Å²) in [5.74, 6) is 2.16. The summed E-state index contributed by atoms with van der Waals surface area (Å²) in [7, 11) is 0. The summed E-state index contributed by atoms with van der Waals surface area (Å²) in [6, 6.07) is 9.09. The van der Waals surface area contributed by atoms with Gasteiger partial charge in [0.2, 0.25) is 5.91 Å². The fraction of sp³-hybridized carbons (Fsp3) is 0.696. The third kappa shape index (κ3) is 4.48. The molecule has 2 saturated carbocycles. The summed E-state index contributed by atoms with van der Waals surface area (Å²) < 4.78 is 0. The number of nitrogens with one attached hydrogen (secondary N) is 1. The minimum atomic E-state index is 0.284. The Hall–Kier alpha value is -1.55. The number of benzene rings is 1. The zero-order valence-corrected chi connectivity index (χ0v) is 17.0. The summed E-state index contributed by atoms with van der Waals surface area (Å²) in [5.41, 5.74) is 2.68. The van der Waals surface area contributed by atoms with Gasteiger partial charge in [-0.3, -0.25) is 9.69 Å². The Labute approximate surface area is 164 Å². The normalized spacial score (nSPS) is 29.1. The van der Waals surface area contributed by atoms with Gasteiger partial charge >= 0.3 is 0 Å². The SMILES string of the molecule is Cc1cccc(N2CCN(CC[C@@H](C)NC(=O)[C@@H]3C[C@H]4CC[C@H]3C4)CC2)c1. The van der Waals surface area contributed by atoms with Gasteiger partial charge in [0.25, 0.3) is 0 Å². The zero-order chi connectivity index (χ0) is 18.8. The number of rotatable bonds is 6. The van der Waals surface area contributed by atoms with Crippen LogP contribution in [0.4, 0.5) is 5.69 Å². The van der Waals surface area contributed by atoms with E-state index in [-0.39, 0.29) is 6.04 Å². The van der Waals surface area contributed by atoms with Gasteiger partial charge < -0.3 is 10.2 Å². The lowest BCUT2D eigenvalue weighted by Gasteiger charge is -2.36. The number of nitrogens with zero attached hydrogens (tertiary/aromatic N) is 2. The van der Waals surface area contributed by atoms with Gasteiger partial charge in [-0.1, -0.05) is 18.6 Å². The Morgan fingerprint density at radius 1 is 1.19 bits per heavy atom. The van der Waals surface area contributed by atoms with Crippen molar-refractivity contribution in [2.45, 2.75) is 52.0 Å². The van der Waals surface area contributed by atoms with Crippen LogP contribution in [0.5, 0.6) is 0 Å². The largest absolute Gasteiger partial charge is 0.369 e. The molecule has 0 spiro atoms. The molecule has 4 nitrogen and oxygen atoms in total. The molecule has 1 N–H and O–H groups in total. The van der Waals surface area contributed by atoms with E-state index in [0.29, 0.717) is 17.7 Å². The monoisotopic (exact) mass is 369 g/mol. The first kappa shape index (κ1) is 18.8. The van der Waals surface area contributed by atoms with Gasteiger partial charge in [-0.15, -0.1) is 0 Å². The van der Waals surface area contributed by atoms with Crippen LogP contribution in [-0.4, -0.2) is 49.6 Å². The van der Waals surface area contributed by atoms with Crippen LogP contribution in [0.1, 0.15) is 44.6 Å². The number of anilines is 1. The van der Waals surface area contributed by atoms with Crippen molar-refractivity contribution in [3.8, 4) is 0 Å². The first-order chi connectivity index (χ1) is 13.1. The number of carbonyl (C=O) groups is 1. The van der Waals surface area contributed by atoms with E-state index in [2.05, 4.69) is 53.2 Å². The lowest BCUT2D eigenvalue weighted by atomic mass is 9.88. The fourth-order valence-corrected chi connectivity index (χ4v) is 5.42. The molecule has 1 heterocycles. The van der Waals surface area contributed by atoms with Crippen LogP contribution in [0.15, 0.2) is 24.3 Å². The van der Waals surface area contributed by atoms with Crippen LogP contribution in [-0.2, 0) is 4.79 Å². The zero-order valence-electron chi connectivity index (χ0n) is 17.0. The van der Waals surface area contributed by atoms with Crippen molar-refractivity contribution in [1.29, 1.82) is 0 Å². The van der Waals surface area contributed by atoms with E-state index in [0.717, 1.165) is 51.5 Å². The molecule has 0 radical (unpaired) electrons. The number of hydrogen-bond donors (Lipinski definition) is 1. The molecule has 3 aliphatic rings. The standard InChI is InChI=1S/C23H35N3O/c1-17-4-3-5-21(14-17)26-12-10-25(11-13-26)9-8-18(2)24-23(27)22-16-19-6-7-20(22)15-19/h3-5,14,18-20,22H,6-13,15-16H2,1-2H3,(H,24,27)/t18-,19+,20+,22-/m1/s1. The molecule has 2 aliphatic carbocycles. The van der Waals surface area contributed by atoms with Gasteiger partial charge in [0.05, 0.1) is 0 Å². The molecule has 4 rings (SSSR count). The summed E-state index contributed by atoms with van der Waals surface area (Å²) in [5, 5.41) is 3.31. The quantitative estimate of drug-likeness (QED) is 0.834. The van der Waals surface area contributed by atoms with Crippen LogP contribution in [0.2, 0.25) is 0 Å². The molecule has 1 aromatic carbocycles. The highest BCUT2D eigenvalue weighted by molar-refractivity contribution is 5.79. The third-order valence-corrected chi connectivity index (χ3v) is 7.08. The second kappa shape index (κ2) is 8.22. The number of piperazine rings is 1. The van der Waals surface area contributed by atoms with Crippen molar-refractivity contribution in [1.82, 2.24) is 10.2 Å². The van der Waals surface area contributed by atoms with Crippen molar-refractivity contribution in [2.75, 3.05) is 37.6 Å². The van der Waals surface area contributed by atoms with Gasteiger partial charge in [-0.25, -0.2) is 0 Å². The Bertz CT molecular complexity index is 653. The summed E-state index contributed by atoms with van der Waals surface area (Å²) >= 11 is 0. The minimum absolute atomic E-state index is 0.284. The Morgan fingerprint density at radius 2 is 2.00 bits per heavy atom. The number of carbonyl (C=O) groups excluding carboxylic acids is 1. The molecule has 1 amide bonds. The molecule has 1 aliphatic heterocycles. The van der Waals surface area contributed by atoms with E-state index in [4.69, 9.17) is 0 Å². The van der Waals surface area contributed by atoms with Gasteiger partial charge in [0.1, 0.15) is 0 Å². The second-order valence-electron chi connectivity index (χ2n) is 9.15. The molecule has 27 heavy (non-hydrogen) atoms. The van der Waals surface area contributed by atoms with Crippen molar-refractivity contribution in [3.05, 3.63) is 29.8 Å². The second-order valence-corrected chi connectivity index (χ2v) is 9.15. The van der Waals surface area contributed by atoms with Gasteiger partial charge in [0, 0.05) is 50.4 Å². The molecular formula is C23H35N3O. The highest BCUT2D eigenvalue weighted by atomic mass is 16.2. The minimum Gasteiger partial charge on any atom is -0.369 e. The predicted molar refractivity (Wildman–Crippen MR) is 111 cm³/mol. The number of aryl methyl sites for hydroxylation is 1. The highest BCUT2D eigenvalue weighted by Gasteiger charge is 2.43. The molecule has 4 heteroatoms. The van der Waals surface area contributed by atoms with Crippen LogP contribution >= 0.6 is 0 Å². The first-order valence-corrected chi connectivity index (χ1v) is 10.9. The van der Waals surface area contributed by atoms with Crippen molar-refractivity contribution in [2.24, 2.45) is 17.8 Å². The predicted octanol–water partition coefficient (Wildman–Crippen LogP) is 3.45. The van der Waals surface area contributed by atoms with E-state index < -0.39 is 0 Å². The molecule has 0 unspecified atom stereocenters. The fourth-order valence-electron chi connectivity index (χ4n) is 5.42. The lowest BCUT2D eigenvalue weighted by Crippen LogP contribution is -2.48. The number of hydrogen-bond acceptors (Lipinski definition) is 3. The summed E-state index contributed by atoms with van der Waals surface area (Å²) in [4.78, 5) is 17.6. The topological polar surface area (TPSA) is 35.6 Å². The maximum atomic E-state index is 12.6. The van der Waals surface area contributed by atoms with Crippen LogP contribution in [0, 0.1) is 24.7 Å². The Kier molecular flexibility index (Phi) is 5.72. The lowest BCUT2D eigenvalue weighted by molar-refractivity contribution is -0.127. The molecule has 1 aromatic rings. The van der Waals surface area contributed by atoms with Crippen molar-refractivity contribution in [3.63, 3.8) is 0 Å². The molecule has 0 aromatic heterocycles. The van der Waals surface area contributed by atoms with Crippen LogP contribution in [0.25, 0.3) is 0 Å². The average Bonchev–Trinajstić information content (AvgIpc) is 3.30. The van der Waals surface area contributed by atoms with E-state index >= 15 is 0 Å². The Balaban J connectivity index is 1.17. The van der Waals surface area contributed by atoms with Crippen LogP contribution in [0.3, 0.4) is 0 Å². The maximum Gasteiger partial charge on any atom is 0.223 e. The van der Waals surface area contributed by atoms with Crippen molar-refractivity contribution >= 4 is 11.6 Å². The van der Waals surface area contributed by atoms with Gasteiger partial charge in [-0.2, -0.15) is 0 Å². The molecule has 3 fully saturated rings. The highest BCUT2D eigenvalue weighted by Crippen LogP contribution is 2.48. The van der Waals surface area contributed by atoms with E-state index in [1.165, 1.54) is 30.5 Å². The molecule has 4 atom stereocenters. The van der Waals surface area contributed by atoms with Crippen molar-refractivity contribution < 1.29 is 4.79 Å². The third-order valence-electron chi connectivity index (χ3n) is 7.08. The maximum absolute atomic E-state index is 12.6. The van der Waals surface area contributed by atoms with E-state index in [1.807, 2.05) is 0 Å². The summed E-state index contributed by atoms with van der Waals surface area (Å²) in [6.45, 7) is 9.83. The van der Waals surface area contributed by atoms with E-state index in [9.17, 15) is 4.79 Å². The molecule has 2 bridgehead atoms. The average molecular weight is 370 g/mol. The van der Waals surface area contributed by atoms with Gasteiger partial charge in [0.15, 0.2) is 0 Å². The van der Waals surface area contributed by atoms with Crippen LogP contribution < -0.4 is 10.2 Å². The number of fused-ring (bicyclic) bond motifs is 2. The smallest absolute Gasteiger partial charge is 0.223 e. The summed E-state index contributed by atoms with van der Waals surface area (Å²) in [6.07, 6.45) is 6.14.